The summed E-state index contributed by atoms with van der Waals surface area (Å²) in [7, 11) is 0. The molecule has 1 saturated heterocycles. The number of nitrogens with zero attached hydrogens (tertiary/aromatic N) is 1. The highest BCUT2D eigenvalue weighted by atomic mass is 16.4. The minimum Gasteiger partial charge on any atom is -0.512 e. The molecule has 0 aromatic heterocycles. The van der Waals surface area contributed by atoms with E-state index in [4.69, 9.17) is 5.11 Å². The lowest BCUT2D eigenvalue weighted by atomic mass is 10.0. The Morgan fingerprint density at radius 2 is 1.69 bits per heavy atom. The predicted octanol–water partition coefficient (Wildman–Crippen LogP) is -1.54. The van der Waals surface area contributed by atoms with Gasteiger partial charge < -0.3 is 20.4 Å². The van der Waals surface area contributed by atoms with Gasteiger partial charge in [0.05, 0.1) is 24.5 Å². The van der Waals surface area contributed by atoms with Gasteiger partial charge in [0.2, 0.25) is 0 Å². The average Bonchev–Trinajstić information content (AvgIpc) is 1.98. The fourth-order valence-corrected chi connectivity index (χ4v) is 1.46. The third-order valence-corrected chi connectivity index (χ3v) is 2.09. The molecule has 2 atom stereocenters. The molecule has 1 rings (SSSR count). The number of aliphatic hydroxyl groups is 4. The van der Waals surface area contributed by atoms with E-state index in [0.717, 1.165) is 0 Å². The second kappa shape index (κ2) is 4.06. The third kappa shape index (κ3) is 2.67. The fourth-order valence-electron chi connectivity index (χ4n) is 1.46. The van der Waals surface area contributed by atoms with E-state index in [9.17, 15) is 15.3 Å². The van der Waals surface area contributed by atoms with Crippen molar-refractivity contribution in [3.63, 3.8) is 0 Å². The average molecular weight is 189 g/mol. The molecule has 0 saturated carbocycles. The van der Waals surface area contributed by atoms with Crippen LogP contribution in [-0.4, -0.2) is 63.3 Å². The van der Waals surface area contributed by atoms with Crippen LogP contribution in [0.4, 0.5) is 0 Å². The van der Waals surface area contributed by atoms with Crippen LogP contribution in [0, 0.1) is 0 Å². The Kier molecular flexibility index (Phi) is 3.27. The number of hydrogen-bond donors (Lipinski definition) is 4. The van der Waals surface area contributed by atoms with Gasteiger partial charge in [-0.25, -0.2) is 0 Å². The summed E-state index contributed by atoms with van der Waals surface area (Å²) in [6.07, 6.45) is -3.03. The van der Waals surface area contributed by atoms with E-state index in [1.807, 2.05) is 0 Å². The Morgan fingerprint density at radius 1 is 1.23 bits per heavy atom. The quantitative estimate of drug-likeness (QED) is 0.395. The maximum absolute atomic E-state index is 9.27. The summed E-state index contributed by atoms with van der Waals surface area (Å²) in [5.74, 6) is -0.0178. The van der Waals surface area contributed by atoms with E-state index in [-0.39, 0.29) is 25.4 Å². The van der Waals surface area contributed by atoms with Crippen LogP contribution in [-0.2, 0) is 0 Å². The summed E-state index contributed by atoms with van der Waals surface area (Å²) in [6, 6.07) is 0. The van der Waals surface area contributed by atoms with Gasteiger partial charge in [0.25, 0.3) is 0 Å². The minimum absolute atomic E-state index is 0.0178. The summed E-state index contributed by atoms with van der Waals surface area (Å²) < 4.78 is 0. The van der Waals surface area contributed by atoms with Crippen molar-refractivity contribution >= 4 is 0 Å². The number of β-amino-alcohol motifs (C(OH)–C–C–N with tert-alkyl or cyclic N) is 2. The first kappa shape index (κ1) is 10.5. The number of hydrogen-bond acceptors (Lipinski definition) is 5. The molecule has 1 fully saturated rings. The molecule has 2 unspecified atom stereocenters. The van der Waals surface area contributed by atoms with Crippen molar-refractivity contribution in [1.82, 2.24) is 4.90 Å². The second-order valence-electron chi connectivity index (χ2n) is 3.39. The maximum atomic E-state index is 9.27. The molecular formula is C8H15NO4. The third-order valence-electron chi connectivity index (χ3n) is 2.09. The van der Waals surface area contributed by atoms with Crippen LogP contribution < -0.4 is 0 Å². The van der Waals surface area contributed by atoms with E-state index in [0.29, 0.717) is 0 Å². The Morgan fingerprint density at radius 3 is 2.08 bits per heavy atom. The molecule has 4 N–H and O–H groups in total. The van der Waals surface area contributed by atoms with Gasteiger partial charge in [-0.15, -0.1) is 0 Å². The Bertz CT molecular complexity index is 185. The zero-order chi connectivity index (χ0) is 10.0. The predicted molar refractivity (Wildman–Crippen MR) is 46.2 cm³/mol. The van der Waals surface area contributed by atoms with Crippen molar-refractivity contribution in [2.24, 2.45) is 0 Å². The topological polar surface area (TPSA) is 84.2 Å². The lowest BCUT2D eigenvalue weighted by Crippen LogP contribution is -2.55. The highest BCUT2D eigenvalue weighted by Gasteiger charge is 2.33. The lowest BCUT2D eigenvalue weighted by Gasteiger charge is -2.36. The molecule has 76 valence electrons. The van der Waals surface area contributed by atoms with Crippen molar-refractivity contribution in [1.29, 1.82) is 0 Å². The summed E-state index contributed by atoms with van der Waals surface area (Å²) >= 11 is 0. The molecule has 5 heteroatoms. The van der Waals surface area contributed by atoms with E-state index >= 15 is 0 Å². The van der Waals surface area contributed by atoms with Crippen LogP contribution in [0.1, 0.15) is 0 Å². The van der Waals surface area contributed by atoms with Crippen LogP contribution in [0.15, 0.2) is 12.3 Å². The van der Waals surface area contributed by atoms with Crippen molar-refractivity contribution in [2.45, 2.75) is 18.3 Å². The molecule has 0 aromatic carbocycles. The van der Waals surface area contributed by atoms with Crippen molar-refractivity contribution < 1.29 is 20.4 Å². The van der Waals surface area contributed by atoms with Crippen molar-refractivity contribution in [3.05, 3.63) is 12.3 Å². The van der Waals surface area contributed by atoms with Gasteiger partial charge in [-0.1, -0.05) is 6.58 Å². The van der Waals surface area contributed by atoms with Crippen molar-refractivity contribution in [3.8, 4) is 0 Å². The highest BCUT2D eigenvalue weighted by molar-refractivity contribution is 4.91. The highest BCUT2D eigenvalue weighted by Crippen LogP contribution is 2.12. The lowest BCUT2D eigenvalue weighted by molar-refractivity contribution is -0.109. The molecule has 0 aromatic rings. The van der Waals surface area contributed by atoms with Gasteiger partial charge in [0, 0.05) is 13.1 Å². The molecule has 5 nitrogen and oxygen atoms in total. The monoisotopic (exact) mass is 189 g/mol. The van der Waals surface area contributed by atoms with Gasteiger partial charge in [0.15, 0.2) is 0 Å². The Balaban J connectivity index is 2.48. The van der Waals surface area contributed by atoms with Gasteiger partial charge in [-0.2, -0.15) is 0 Å². The standard InChI is InChI=1S/C8H15NO4/c1-5(10)2-9-3-6(11)8(13)7(12)4-9/h6-8,10-13H,1-4H2. The Hall–Kier alpha value is -0.620. The molecule has 13 heavy (non-hydrogen) atoms. The second-order valence-corrected chi connectivity index (χ2v) is 3.39. The maximum Gasteiger partial charge on any atom is 0.108 e. The van der Waals surface area contributed by atoms with Gasteiger partial charge in [0.1, 0.15) is 6.10 Å². The summed E-state index contributed by atoms with van der Waals surface area (Å²) in [5.41, 5.74) is 0. The molecule has 0 radical (unpaired) electrons. The Labute approximate surface area is 76.5 Å². The molecule has 1 aliphatic heterocycles. The largest absolute Gasteiger partial charge is 0.512 e. The molecule has 0 spiro atoms. The SMILES string of the molecule is C=C(O)CN1CC(O)C(O)C(O)C1. The van der Waals surface area contributed by atoms with Crippen LogP contribution in [0.5, 0.6) is 0 Å². The summed E-state index contributed by atoms with van der Waals surface area (Å²) in [6.45, 7) is 3.98. The first-order chi connectivity index (χ1) is 6.00. The van der Waals surface area contributed by atoms with Gasteiger partial charge in [-0.3, -0.25) is 4.90 Å². The normalized spacial score (nSPS) is 36.1. The molecule has 0 bridgehead atoms. The first-order valence-electron chi connectivity index (χ1n) is 4.14. The number of piperidine rings is 1. The fraction of sp³-hybridized carbons (Fsp3) is 0.750. The van der Waals surface area contributed by atoms with Gasteiger partial charge >= 0.3 is 0 Å². The summed E-state index contributed by atoms with van der Waals surface area (Å²) in [5, 5.41) is 36.6. The number of rotatable bonds is 2. The molecule has 0 aliphatic carbocycles. The molecule has 1 heterocycles. The smallest absolute Gasteiger partial charge is 0.108 e. The van der Waals surface area contributed by atoms with Crippen molar-refractivity contribution in [2.75, 3.05) is 19.6 Å². The zero-order valence-electron chi connectivity index (χ0n) is 7.30. The van der Waals surface area contributed by atoms with Crippen LogP contribution in [0.25, 0.3) is 0 Å². The number of likely N-dealkylation sites (tertiary alicyclic amines) is 1. The van der Waals surface area contributed by atoms with E-state index in [1.165, 1.54) is 0 Å². The van der Waals surface area contributed by atoms with E-state index in [2.05, 4.69) is 6.58 Å². The molecule has 0 amide bonds. The number of aliphatic hydroxyl groups excluding tert-OH is 4. The van der Waals surface area contributed by atoms with Crippen LogP contribution >= 0.6 is 0 Å². The summed E-state index contributed by atoms with van der Waals surface area (Å²) in [4.78, 5) is 1.63. The van der Waals surface area contributed by atoms with E-state index < -0.39 is 18.3 Å². The minimum atomic E-state index is -1.09. The van der Waals surface area contributed by atoms with Crippen LogP contribution in [0.2, 0.25) is 0 Å². The molecular weight excluding hydrogens is 174 g/mol. The van der Waals surface area contributed by atoms with Crippen LogP contribution in [0.3, 0.4) is 0 Å². The van der Waals surface area contributed by atoms with Gasteiger partial charge in [-0.05, 0) is 0 Å². The first-order valence-corrected chi connectivity index (χ1v) is 4.14. The molecule has 1 aliphatic rings. The zero-order valence-corrected chi connectivity index (χ0v) is 7.30. The van der Waals surface area contributed by atoms with E-state index in [1.54, 1.807) is 4.90 Å².